The van der Waals surface area contributed by atoms with Gasteiger partial charge in [0, 0.05) is 22.9 Å². The second-order valence-electron chi connectivity index (χ2n) is 5.15. The van der Waals surface area contributed by atoms with Crippen molar-refractivity contribution in [3.63, 3.8) is 0 Å². The minimum absolute atomic E-state index is 0.121. The molecule has 0 spiro atoms. The lowest BCUT2D eigenvalue weighted by molar-refractivity contribution is -0.137. The molecule has 1 aromatic rings. The molecule has 0 fully saturated rings. The van der Waals surface area contributed by atoms with E-state index in [9.17, 15) is 9.90 Å². The molecule has 1 aliphatic carbocycles. The summed E-state index contributed by atoms with van der Waals surface area (Å²) in [5.41, 5.74) is 1.87. The lowest BCUT2D eigenvalue weighted by Crippen LogP contribution is -2.32. The maximum atomic E-state index is 10.6. The fraction of sp³-hybridized carbons (Fsp3) is 0.500. The third-order valence-electron chi connectivity index (χ3n) is 3.67. The van der Waals surface area contributed by atoms with Gasteiger partial charge in [0.05, 0.1) is 12.1 Å². The maximum Gasteiger partial charge on any atom is 0.303 e. The third kappa shape index (κ3) is 3.26. The van der Waals surface area contributed by atoms with Crippen molar-refractivity contribution in [2.45, 2.75) is 31.4 Å². The van der Waals surface area contributed by atoms with Crippen molar-refractivity contribution >= 4 is 29.2 Å². The first-order valence-electron chi connectivity index (χ1n) is 6.48. The van der Waals surface area contributed by atoms with Gasteiger partial charge < -0.3 is 10.2 Å². The number of hydrogen-bond donors (Lipinski definition) is 2. The molecule has 0 unspecified atom stereocenters. The summed E-state index contributed by atoms with van der Waals surface area (Å²) in [6, 6.07) is 3.33. The number of hydrogen-bond acceptors (Lipinski definition) is 3. The van der Waals surface area contributed by atoms with Crippen LogP contribution >= 0.6 is 23.2 Å². The van der Waals surface area contributed by atoms with Crippen LogP contribution in [0.5, 0.6) is 0 Å². The first-order valence-corrected chi connectivity index (χ1v) is 7.23. The molecule has 20 heavy (non-hydrogen) atoms. The fourth-order valence-corrected chi connectivity index (χ4v) is 3.37. The Kier molecular flexibility index (Phi) is 4.91. The Bertz CT molecular complexity index is 521. The molecule has 0 saturated carbocycles. The van der Waals surface area contributed by atoms with Crippen LogP contribution in [0.4, 0.5) is 0 Å². The summed E-state index contributed by atoms with van der Waals surface area (Å²) in [6.45, 7) is 0.595. The number of carbonyl (C=O) groups is 1. The number of rotatable bonds is 5. The Morgan fingerprint density at radius 1 is 1.45 bits per heavy atom. The molecule has 0 amide bonds. The molecule has 2 atom stereocenters. The van der Waals surface area contributed by atoms with Crippen LogP contribution in [0, 0.1) is 0 Å². The molecule has 0 radical (unpaired) electrons. The van der Waals surface area contributed by atoms with E-state index in [0.717, 1.165) is 11.1 Å². The van der Waals surface area contributed by atoms with E-state index in [2.05, 4.69) is 0 Å². The standard InChI is InChI=1S/C14H17Cl2NO3/c1-17(4-2-3-13(19)20)14-10-5-8(15)6-11(16)9(10)7-12(14)18/h5-6,12,14,18H,2-4,7H2,1H3,(H,19,20)/t12-,14-/m0/s1. The maximum absolute atomic E-state index is 10.6. The molecule has 2 N–H and O–H groups in total. The van der Waals surface area contributed by atoms with Crippen molar-refractivity contribution in [3.05, 3.63) is 33.3 Å². The van der Waals surface area contributed by atoms with Crippen molar-refractivity contribution in [1.29, 1.82) is 0 Å². The SMILES string of the molecule is CN(CCCC(=O)O)[C@H]1c2cc(Cl)cc(Cl)c2C[C@@H]1O. The molecule has 110 valence electrons. The van der Waals surface area contributed by atoms with E-state index in [1.165, 1.54) is 0 Å². The number of likely N-dealkylation sites (N-methyl/N-ethyl adjacent to an activating group) is 1. The van der Waals surface area contributed by atoms with E-state index >= 15 is 0 Å². The molecule has 4 nitrogen and oxygen atoms in total. The second kappa shape index (κ2) is 6.31. The number of halogens is 2. The summed E-state index contributed by atoms with van der Waals surface area (Å²) in [4.78, 5) is 12.5. The number of benzene rings is 1. The Balaban J connectivity index is 2.15. The smallest absolute Gasteiger partial charge is 0.303 e. The number of aliphatic hydroxyl groups is 1. The highest BCUT2D eigenvalue weighted by molar-refractivity contribution is 6.35. The monoisotopic (exact) mass is 317 g/mol. The van der Waals surface area contributed by atoms with Crippen LogP contribution in [0.15, 0.2) is 12.1 Å². The van der Waals surface area contributed by atoms with Crippen LogP contribution in [0.3, 0.4) is 0 Å². The van der Waals surface area contributed by atoms with Gasteiger partial charge in [-0.25, -0.2) is 0 Å². The molecule has 0 heterocycles. The molecule has 1 aliphatic rings. The van der Waals surface area contributed by atoms with Crippen molar-refractivity contribution in [2.75, 3.05) is 13.6 Å². The summed E-state index contributed by atoms with van der Waals surface area (Å²) in [7, 11) is 1.87. The number of aliphatic carboxylic acids is 1. The molecule has 0 bridgehead atoms. The normalized spacial score (nSPS) is 21.2. The quantitative estimate of drug-likeness (QED) is 0.876. The number of carboxylic acid groups (broad SMARTS) is 1. The number of carboxylic acids is 1. The second-order valence-corrected chi connectivity index (χ2v) is 5.99. The van der Waals surface area contributed by atoms with Crippen molar-refractivity contribution in [1.82, 2.24) is 4.90 Å². The van der Waals surface area contributed by atoms with Crippen molar-refractivity contribution in [3.8, 4) is 0 Å². The number of fused-ring (bicyclic) bond motifs is 1. The van der Waals surface area contributed by atoms with Crippen LogP contribution in [-0.4, -0.2) is 40.8 Å². The molecule has 2 rings (SSSR count). The molecule has 0 aliphatic heterocycles. The summed E-state index contributed by atoms with van der Waals surface area (Å²) >= 11 is 12.2. The topological polar surface area (TPSA) is 60.8 Å². The van der Waals surface area contributed by atoms with Crippen LogP contribution in [0.1, 0.15) is 30.0 Å². The van der Waals surface area contributed by atoms with Gasteiger partial charge in [-0.15, -0.1) is 0 Å². The van der Waals surface area contributed by atoms with Gasteiger partial charge in [-0.05, 0) is 43.3 Å². The molecule has 1 aromatic carbocycles. The third-order valence-corrected chi connectivity index (χ3v) is 4.22. The van der Waals surface area contributed by atoms with E-state index in [1.54, 1.807) is 6.07 Å². The first kappa shape index (κ1) is 15.6. The Labute approximate surface area is 127 Å². The highest BCUT2D eigenvalue weighted by atomic mass is 35.5. The zero-order valence-corrected chi connectivity index (χ0v) is 12.7. The summed E-state index contributed by atoms with van der Waals surface area (Å²) in [5, 5.41) is 20.0. The zero-order chi connectivity index (χ0) is 14.9. The summed E-state index contributed by atoms with van der Waals surface area (Å²) in [6.07, 6.45) is 0.615. The lowest BCUT2D eigenvalue weighted by atomic mass is 10.1. The fourth-order valence-electron chi connectivity index (χ4n) is 2.78. The molecular weight excluding hydrogens is 301 g/mol. The van der Waals surface area contributed by atoms with Crippen LogP contribution in [0.2, 0.25) is 10.0 Å². The molecule has 0 saturated heterocycles. The highest BCUT2D eigenvalue weighted by Crippen LogP contribution is 2.40. The van der Waals surface area contributed by atoms with Gasteiger partial charge in [0.25, 0.3) is 0 Å². The molecule has 6 heteroatoms. The largest absolute Gasteiger partial charge is 0.481 e. The van der Waals surface area contributed by atoms with Gasteiger partial charge >= 0.3 is 5.97 Å². The average Bonchev–Trinajstić information content (AvgIpc) is 2.65. The summed E-state index contributed by atoms with van der Waals surface area (Å²) in [5.74, 6) is -0.808. The molecule has 0 aromatic heterocycles. The number of nitrogens with zero attached hydrogens (tertiary/aromatic N) is 1. The van der Waals surface area contributed by atoms with E-state index in [-0.39, 0.29) is 12.5 Å². The van der Waals surface area contributed by atoms with Crippen LogP contribution < -0.4 is 0 Å². The van der Waals surface area contributed by atoms with Gasteiger partial charge in [0.15, 0.2) is 0 Å². The summed E-state index contributed by atoms with van der Waals surface area (Å²) < 4.78 is 0. The lowest BCUT2D eigenvalue weighted by Gasteiger charge is -2.27. The Morgan fingerprint density at radius 2 is 2.15 bits per heavy atom. The van der Waals surface area contributed by atoms with Crippen LogP contribution in [-0.2, 0) is 11.2 Å². The van der Waals surface area contributed by atoms with Gasteiger partial charge in [0.2, 0.25) is 0 Å². The minimum Gasteiger partial charge on any atom is -0.481 e. The van der Waals surface area contributed by atoms with Gasteiger partial charge in [-0.3, -0.25) is 9.69 Å². The van der Waals surface area contributed by atoms with E-state index in [4.69, 9.17) is 28.3 Å². The van der Waals surface area contributed by atoms with Gasteiger partial charge in [-0.2, -0.15) is 0 Å². The van der Waals surface area contributed by atoms with E-state index < -0.39 is 12.1 Å². The van der Waals surface area contributed by atoms with Gasteiger partial charge in [-0.1, -0.05) is 23.2 Å². The van der Waals surface area contributed by atoms with E-state index in [0.29, 0.717) is 29.4 Å². The predicted molar refractivity (Wildman–Crippen MR) is 78.4 cm³/mol. The van der Waals surface area contributed by atoms with E-state index in [1.807, 2.05) is 18.0 Å². The van der Waals surface area contributed by atoms with Crippen molar-refractivity contribution < 1.29 is 15.0 Å². The minimum atomic E-state index is -0.808. The number of aliphatic hydroxyl groups excluding tert-OH is 1. The first-order chi connectivity index (χ1) is 9.40. The highest BCUT2D eigenvalue weighted by Gasteiger charge is 2.35. The zero-order valence-electron chi connectivity index (χ0n) is 11.1. The molecular formula is C14H17Cl2NO3. The Morgan fingerprint density at radius 3 is 2.80 bits per heavy atom. The van der Waals surface area contributed by atoms with Crippen LogP contribution in [0.25, 0.3) is 0 Å². The Hall–Kier alpha value is -0.810. The van der Waals surface area contributed by atoms with Crippen molar-refractivity contribution in [2.24, 2.45) is 0 Å². The van der Waals surface area contributed by atoms with Gasteiger partial charge in [0.1, 0.15) is 0 Å². The average molecular weight is 318 g/mol. The predicted octanol–water partition coefficient (Wildman–Crippen LogP) is 2.75.